The summed E-state index contributed by atoms with van der Waals surface area (Å²) >= 11 is 0. The lowest BCUT2D eigenvalue weighted by molar-refractivity contribution is -0.135. The van der Waals surface area contributed by atoms with Gasteiger partial charge in [0.05, 0.1) is 10.6 Å². The number of likely N-dealkylation sites (tertiary alicyclic amines) is 2. The van der Waals surface area contributed by atoms with Crippen molar-refractivity contribution in [2.75, 3.05) is 38.5 Å². The number of carbonyl (C=O) groups excluding carboxylic acids is 1. The number of sulfone groups is 1. The molecule has 2 aliphatic heterocycles. The molecular formula is C18H26N2O3S. The average Bonchev–Trinajstić information content (AvgIpc) is 3.15. The van der Waals surface area contributed by atoms with Crippen LogP contribution in [0.15, 0.2) is 35.2 Å². The minimum absolute atomic E-state index is 0.130. The van der Waals surface area contributed by atoms with Crippen LogP contribution >= 0.6 is 0 Å². The molecule has 1 amide bonds. The van der Waals surface area contributed by atoms with E-state index in [1.165, 1.54) is 0 Å². The molecule has 0 aromatic heterocycles. The third kappa shape index (κ3) is 4.16. The highest BCUT2D eigenvalue weighted by Crippen LogP contribution is 2.22. The molecule has 0 spiro atoms. The molecule has 0 atom stereocenters. The predicted octanol–water partition coefficient (Wildman–Crippen LogP) is 1.79. The Morgan fingerprint density at radius 3 is 2.25 bits per heavy atom. The van der Waals surface area contributed by atoms with Gasteiger partial charge in [0.25, 0.3) is 0 Å². The third-order valence-electron chi connectivity index (χ3n) is 5.13. The molecule has 0 bridgehead atoms. The van der Waals surface area contributed by atoms with Gasteiger partial charge in [-0.15, -0.1) is 0 Å². The van der Waals surface area contributed by atoms with Crippen LogP contribution in [0.25, 0.3) is 0 Å². The van der Waals surface area contributed by atoms with Crippen LogP contribution in [0.5, 0.6) is 0 Å². The van der Waals surface area contributed by atoms with Crippen molar-refractivity contribution >= 4 is 15.7 Å². The van der Waals surface area contributed by atoms with Crippen molar-refractivity contribution < 1.29 is 13.2 Å². The highest BCUT2D eigenvalue weighted by molar-refractivity contribution is 7.91. The van der Waals surface area contributed by atoms with Gasteiger partial charge in [-0.2, -0.15) is 0 Å². The SMILES string of the molecule is O=C(C1CCN(CCS(=O)(=O)c2ccccc2)CC1)N1CCCC1. The van der Waals surface area contributed by atoms with E-state index in [2.05, 4.69) is 4.90 Å². The van der Waals surface area contributed by atoms with Crippen molar-refractivity contribution in [3.8, 4) is 0 Å². The highest BCUT2D eigenvalue weighted by atomic mass is 32.2. The summed E-state index contributed by atoms with van der Waals surface area (Å²) in [5.41, 5.74) is 0. The average molecular weight is 350 g/mol. The second kappa shape index (κ2) is 7.66. The summed E-state index contributed by atoms with van der Waals surface area (Å²) in [6.07, 6.45) is 3.95. The minimum atomic E-state index is -3.22. The first-order valence-electron chi connectivity index (χ1n) is 8.85. The molecule has 24 heavy (non-hydrogen) atoms. The van der Waals surface area contributed by atoms with Gasteiger partial charge < -0.3 is 9.80 Å². The molecular weight excluding hydrogens is 324 g/mol. The molecule has 0 radical (unpaired) electrons. The summed E-state index contributed by atoms with van der Waals surface area (Å²) in [6, 6.07) is 8.62. The van der Waals surface area contributed by atoms with Gasteiger partial charge in [0, 0.05) is 25.6 Å². The van der Waals surface area contributed by atoms with Crippen LogP contribution in [-0.4, -0.2) is 62.6 Å². The second-order valence-corrected chi connectivity index (χ2v) is 8.89. The predicted molar refractivity (Wildman–Crippen MR) is 93.5 cm³/mol. The van der Waals surface area contributed by atoms with Crippen molar-refractivity contribution in [2.45, 2.75) is 30.6 Å². The number of hydrogen-bond acceptors (Lipinski definition) is 4. The Hall–Kier alpha value is -1.40. The molecule has 2 fully saturated rings. The third-order valence-corrected chi connectivity index (χ3v) is 6.84. The van der Waals surface area contributed by atoms with E-state index in [9.17, 15) is 13.2 Å². The molecule has 0 saturated carbocycles. The van der Waals surface area contributed by atoms with Crippen molar-refractivity contribution in [1.29, 1.82) is 0 Å². The number of benzene rings is 1. The van der Waals surface area contributed by atoms with E-state index in [0.717, 1.165) is 51.9 Å². The van der Waals surface area contributed by atoms with Gasteiger partial charge >= 0.3 is 0 Å². The van der Waals surface area contributed by atoms with Crippen LogP contribution in [0, 0.1) is 5.92 Å². The van der Waals surface area contributed by atoms with Crippen LogP contribution in [0.1, 0.15) is 25.7 Å². The van der Waals surface area contributed by atoms with Crippen molar-refractivity contribution in [1.82, 2.24) is 9.80 Å². The molecule has 132 valence electrons. The Morgan fingerprint density at radius 2 is 1.62 bits per heavy atom. The lowest BCUT2D eigenvalue weighted by Gasteiger charge is -2.33. The summed E-state index contributed by atoms with van der Waals surface area (Å²) in [4.78, 5) is 17.0. The molecule has 2 saturated heterocycles. The zero-order valence-electron chi connectivity index (χ0n) is 14.1. The quantitative estimate of drug-likeness (QED) is 0.812. The molecule has 1 aromatic rings. The van der Waals surface area contributed by atoms with Crippen molar-refractivity contribution in [3.05, 3.63) is 30.3 Å². The van der Waals surface area contributed by atoms with Gasteiger partial charge in [0.15, 0.2) is 9.84 Å². The van der Waals surface area contributed by atoms with E-state index in [0.29, 0.717) is 17.3 Å². The molecule has 1 aromatic carbocycles. The summed E-state index contributed by atoms with van der Waals surface area (Å²) < 4.78 is 24.7. The van der Waals surface area contributed by atoms with Gasteiger partial charge in [-0.05, 0) is 50.9 Å². The summed E-state index contributed by atoms with van der Waals surface area (Å²) in [7, 11) is -3.22. The Balaban J connectivity index is 1.46. The topological polar surface area (TPSA) is 57.7 Å². The Labute approximate surface area is 144 Å². The molecule has 0 N–H and O–H groups in total. The minimum Gasteiger partial charge on any atom is -0.342 e. The molecule has 6 heteroatoms. The Kier molecular flexibility index (Phi) is 5.56. The summed E-state index contributed by atoms with van der Waals surface area (Å²) in [6.45, 7) is 3.99. The lowest BCUT2D eigenvalue weighted by Crippen LogP contribution is -2.42. The first-order valence-corrected chi connectivity index (χ1v) is 10.5. The lowest BCUT2D eigenvalue weighted by atomic mass is 9.95. The smallest absolute Gasteiger partial charge is 0.225 e. The van der Waals surface area contributed by atoms with Crippen LogP contribution in [0.2, 0.25) is 0 Å². The Morgan fingerprint density at radius 1 is 1.00 bits per heavy atom. The molecule has 3 rings (SSSR count). The zero-order valence-corrected chi connectivity index (χ0v) is 14.9. The van der Waals surface area contributed by atoms with Gasteiger partial charge in [-0.25, -0.2) is 8.42 Å². The number of rotatable bonds is 5. The van der Waals surface area contributed by atoms with Gasteiger partial charge in [0.1, 0.15) is 0 Å². The molecule has 0 unspecified atom stereocenters. The second-order valence-electron chi connectivity index (χ2n) is 6.78. The maximum atomic E-state index is 12.4. The monoisotopic (exact) mass is 350 g/mol. The van der Waals surface area contributed by atoms with E-state index in [1.807, 2.05) is 11.0 Å². The largest absolute Gasteiger partial charge is 0.342 e. The summed E-state index contributed by atoms with van der Waals surface area (Å²) in [5.74, 6) is 0.580. The van der Waals surface area contributed by atoms with Gasteiger partial charge in [-0.1, -0.05) is 18.2 Å². The molecule has 2 aliphatic rings. The first-order chi connectivity index (χ1) is 11.6. The number of amides is 1. The fourth-order valence-corrected chi connectivity index (χ4v) is 4.90. The number of nitrogens with zero attached hydrogens (tertiary/aromatic N) is 2. The molecule has 2 heterocycles. The first kappa shape index (κ1) is 17.4. The highest BCUT2D eigenvalue weighted by Gasteiger charge is 2.30. The zero-order chi connectivity index (χ0) is 17.0. The van der Waals surface area contributed by atoms with E-state index in [-0.39, 0.29) is 11.7 Å². The van der Waals surface area contributed by atoms with E-state index in [4.69, 9.17) is 0 Å². The fourth-order valence-electron chi connectivity index (χ4n) is 3.59. The fraction of sp³-hybridized carbons (Fsp3) is 0.611. The van der Waals surface area contributed by atoms with Crippen LogP contribution in [0.4, 0.5) is 0 Å². The number of piperidine rings is 1. The standard InChI is InChI=1S/C18H26N2O3S/c21-18(20-10-4-5-11-20)16-8-12-19(13-9-16)14-15-24(22,23)17-6-2-1-3-7-17/h1-3,6-7,16H,4-5,8-15H2. The molecule has 0 aliphatic carbocycles. The van der Waals surface area contributed by atoms with Crippen molar-refractivity contribution in [3.63, 3.8) is 0 Å². The summed E-state index contributed by atoms with van der Waals surface area (Å²) in [5, 5.41) is 0. The number of carbonyl (C=O) groups is 1. The maximum absolute atomic E-state index is 12.4. The van der Waals surface area contributed by atoms with Gasteiger partial charge in [0.2, 0.25) is 5.91 Å². The normalized spacial score (nSPS) is 20.4. The maximum Gasteiger partial charge on any atom is 0.225 e. The number of hydrogen-bond donors (Lipinski definition) is 0. The van der Waals surface area contributed by atoms with E-state index >= 15 is 0 Å². The van der Waals surface area contributed by atoms with E-state index in [1.54, 1.807) is 24.3 Å². The van der Waals surface area contributed by atoms with Crippen LogP contribution in [0.3, 0.4) is 0 Å². The van der Waals surface area contributed by atoms with Crippen molar-refractivity contribution in [2.24, 2.45) is 5.92 Å². The van der Waals surface area contributed by atoms with Crippen LogP contribution in [-0.2, 0) is 14.6 Å². The van der Waals surface area contributed by atoms with Gasteiger partial charge in [-0.3, -0.25) is 4.79 Å². The Bertz CT molecular complexity index is 646. The molecule has 5 nitrogen and oxygen atoms in total. The van der Waals surface area contributed by atoms with Crippen LogP contribution < -0.4 is 0 Å². The van der Waals surface area contributed by atoms with E-state index < -0.39 is 9.84 Å².